The Morgan fingerprint density at radius 2 is 1.48 bits per heavy atom. The predicted molar refractivity (Wildman–Crippen MR) is 151 cm³/mol. The van der Waals surface area contributed by atoms with E-state index >= 15 is 0 Å². The van der Waals surface area contributed by atoms with Crippen LogP contribution in [0.15, 0.2) is 23.8 Å². The van der Waals surface area contributed by atoms with Crippen LogP contribution < -0.4 is 16.6 Å². The zero-order valence-corrected chi connectivity index (χ0v) is 25.7. The summed E-state index contributed by atoms with van der Waals surface area (Å²) in [6.45, 7) is -1.96. The molecule has 26 heteroatoms. The number of anilines is 2. The zero-order chi connectivity index (χ0) is 33.7. The number of carbonyl (C=O) groups excluding carboxylic acids is 1. The van der Waals surface area contributed by atoms with E-state index in [1.807, 2.05) is 0 Å². The fourth-order valence-electron chi connectivity index (χ4n) is 5.90. The first kappa shape index (κ1) is 31.5. The zero-order valence-electron chi connectivity index (χ0n) is 23.9. The molecule has 1 amide bonds. The van der Waals surface area contributed by atoms with Gasteiger partial charge in [-0.3, -0.25) is 46.7 Å². The molecule has 0 radical (unpaired) electrons. The van der Waals surface area contributed by atoms with Crippen molar-refractivity contribution in [2.75, 3.05) is 24.3 Å². The van der Waals surface area contributed by atoms with E-state index in [4.69, 9.17) is 33.3 Å². The van der Waals surface area contributed by atoms with Gasteiger partial charge in [0.05, 0.1) is 25.9 Å². The van der Waals surface area contributed by atoms with E-state index in [-0.39, 0.29) is 40.6 Å². The number of rotatable bonds is 2. The smallest absolute Gasteiger partial charge is 0.387 e. The predicted octanol–water partition coefficient (Wildman–Crippen LogP) is -2.50. The number of nitrogen functional groups attached to an aromatic ring is 1. The lowest BCUT2D eigenvalue weighted by atomic mass is 10.1. The van der Waals surface area contributed by atoms with Crippen molar-refractivity contribution in [3.8, 4) is 0 Å². The van der Waals surface area contributed by atoms with Crippen molar-refractivity contribution in [2.45, 2.75) is 55.6 Å². The van der Waals surface area contributed by atoms with Crippen molar-refractivity contribution in [2.24, 2.45) is 0 Å². The number of amides is 1. The largest absolute Gasteiger partial charge is 0.472 e. The maximum absolute atomic E-state index is 13.3. The minimum Gasteiger partial charge on any atom is -0.387 e. The molecule has 0 spiro atoms. The summed E-state index contributed by atoms with van der Waals surface area (Å²) in [7, 11) is -10.2. The van der Waals surface area contributed by atoms with Crippen molar-refractivity contribution < 1.29 is 61.5 Å². The molecule has 0 aliphatic carbocycles. The number of imidazole rings is 2. The van der Waals surface area contributed by atoms with Crippen LogP contribution in [0.5, 0.6) is 0 Å². The number of nitrogens with two attached hydrogens (primary N) is 1. The topological polar surface area (TPSA) is 322 Å². The van der Waals surface area contributed by atoms with Crippen LogP contribution in [-0.2, 0) is 48.0 Å². The molecule has 256 valence electrons. The normalized spacial score (nSPS) is 37.1. The number of aromatic nitrogens is 8. The molecule has 2 unspecified atom stereocenters. The van der Waals surface area contributed by atoms with Gasteiger partial charge in [0.2, 0.25) is 11.9 Å². The van der Waals surface area contributed by atoms with Crippen molar-refractivity contribution in [1.29, 1.82) is 0 Å². The molecule has 4 aliphatic heterocycles. The second kappa shape index (κ2) is 11.1. The second-order valence-corrected chi connectivity index (χ2v) is 13.9. The maximum atomic E-state index is 13.3. The molecule has 8 heterocycles. The lowest BCUT2D eigenvalue weighted by Gasteiger charge is -2.25. The van der Waals surface area contributed by atoms with Gasteiger partial charge in [-0.15, -0.1) is 0 Å². The highest BCUT2D eigenvalue weighted by molar-refractivity contribution is 7.47. The molecule has 0 aromatic carbocycles. The molecule has 8 rings (SSSR count). The van der Waals surface area contributed by atoms with Crippen molar-refractivity contribution >= 4 is 55.6 Å². The van der Waals surface area contributed by atoms with Gasteiger partial charge in [-0.05, 0) is 0 Å². The molecule has 7 N–H and O–H groups in total. The van der Waals surface area contributed by atoms with E-state index in [1.165, 1.54) is 10.9 Å². The third kappa shape index (κ3) is 5.14. The number of aliphatic hydroxyl groups is 2. The van der Waals surface area contributed by atoms with Gasteiger partial charge in [-0.2, -0.15) is 4.98 Å². The maximum Gasteiger partial charge on any atom is 0.472 e. The third-order valence-corrected chi connectivity index (χ3v) is 10.1. The van der Waals surface area contributed by atoms with E-state index in [0.717, 1.165) is 21.8 Å². The van der Waals surface area contributed by atoms with Gasteiger partial charge in [0, 0.05) is 0 Å². The number of hydrogen-bond donors (Lipinski definition) is 6. The van der Waals surface area contributed by atoms with Crippen molar-refractivity contribution in [3.05, 3.63) is 29.3 Å². The quantitative estimate of drug-likeness (QED) is 0.117. The first-order valence-electron chi connectivity index (χ1n) is 14.0. The first-order chi connectivity index (χ1) is 22.8. The molecule has 3 fully saturated rings. The summed E-state index contributed by atoms with van der Waals surface area (Å²) in [6, 6.07) is 0. The Bertz CT molecular complexity index is 2120. The van der Waals surface area contributed by atoms with E-state index in [0.29, 0.717) is 0 Å². The molecule has 24 nitrogen and oxygen atoms in total. The third-order valence-electron chi connectivity index (χ3n) is 8.11. The fraction of sp³-hybridized carbons (Fsp3) is 0.500. The molecule has 2 bridgehead atoms. The van der Waals surface area contributed by atoms with Crippen molar-refractivity contribution in [1.82, 2.24) is 38.6 Å². The summed E-state index contributed by atoms with van der Waals surface area (Å²) in [5.41, 5.74) is 5.15. The lowest BCUT2D eigenvalue weighted by molar-refractivity contribution is -0.115. The molecule has 4 aromatic heterocycles. The second-order valence-electron chi connectivity index (χ2n) is 11.1. The number of nitrogens with zero attached hydrogens (tertiary/aromatic N) is 8. The van der Waals surface area contributed by atoms with Gasteiger partial charge in [0.1, 0.15) is 55.0 Å². The highest BCUT2D eigenvalue weighted by Gasteiger charge is 2.54. The summed E-state index contributed by atoms with van der Waals surface area (Å²) >= 11 is 0. The number of hydrogen-bond acceptors (Lipinski definition) is 18. The summed E-state index contributed by atoms with van der Waals surface area (Å²) < 4.78 is 62.5. The highest BCUT2D eigenvalue weighted by atomic mass is 31.2. The Morgan fingerprint density at radius 1 is 0.833 bits per heavy atom. The van der Waals surface area contributed by atoms with E-state index in [2.05, 4.69) is 30.2 Å². The standard InChI is InChI=1S/C22H24N10O14P2/c23-16-10-17(25-4-24-16)31(5-26-10)21-15-12(34)7(43-21)2-41-47(37,38)45-14-8(3-42-48(39,40)46-15)44-20(13(14)35)32-6-27-11-18(32)29-22-28-9(33)1-30(22)19(11)36/h4-8,12-15,20-21,34-35H,1-3H2,(H,37,38)(H,39,40)(H2,23,24,25)(H,28,29,33)/t7-,8-,12-,13-,14-,15-,20-,21-/m1/s1. The van der Waals surface area contributed by atoms with Gasteiger partial charge in [-0.1, -0.05) is 0 Å². The number of phosphoric ester groups is 2. The van der Waals surface area contributed by atoms with Gasteiger partial charge in [0.25, 0.3) is 5.56 Å². The molecule has 0 saturated carbocycles. The Hall–Kier alpha value is -3.77. The molecule has 4 aliphatic rings. The minimum absolute atomic E-state index is 0.0143. The first-order valence-corrected chi connectivity index (χ1v) is 17.0. The van der Waals surface area contributed by atoms with Crippen LogP contribution in [0, 0.1) is 0 Å². The van der Waals surface area contributed by atoms with Crippen LogP contribution in [0.1, 0.15) is 12.5 Å². The minimum atomic E-state index is -5.12. The summed E-state index contributed by atoms with van der Waals surface area (Å²) in [4.78, 5) is 66.5. The monoisotopic (exact) mass is 714 g/mol. The van der Waals surface area contributed by atoms with Gasteiger partial charge >= 0.3 is 15.6 Å². The van der Waals surface area contributed by atoms with E-state index < -0.39 is 89.4 Å². The van der Waals surface area contributed by atoms with Gasteiger partial charge in [-0.25, -0.2) is 29.1 Å². The van der Waals surface area contributed by atoms with Crippen LogP contribution in [0.25, 0.3) is 22.3 Å². The summed E-state index contributed by atoms with van der Waals surface area (Å²) in [6.07, 6.45) is -9.42. The molecule has 3 saturated heterocycles. The van der Waals surface area contributed by atoms with Gasteiger partial charge < -0.3 is 35.2 Å². The Labute approximate surface area is 265 Å². The van der Waals surface area contributed by atoms with Crippen LogP contribution in [-0.4, -0.2) is 114 Å². The van der Waals surface area contributed by atoms with Crippen LogP contribution in [0.3, 0.4) is 0 Å². The molecule has 4 aromatic rings. The lowest BCUT2D eigenvalue weighted by Crippen LogP contribution is -2.36. The average molecular weight is 714 g/mol. The Balaban J connectivity index is 1.11. The molecular weight excluding hydrogens is 690 g/mol. The van der Waals surface area contributed by atoms with Crippen LogP contribution >= 0.6 is 15.6 Å². The summed E-state index contributed by atoms with van der Waals surface area (Å²) in [5, 5.41) is 24.7. The molecular formula is C22H24N10O14P2. The molecule has 48 heavy (non-hydrogen) atoms. The van der Waals surface area contributed by atoms with E-state index in [1.54, 1.807) is 0 Å². The van der Waals surface area contributed by atoms with Crippen LogP contribution in [0.4, 0.5) is 11.8 Å². The fourth-order valence-corrected chi connectivity index (χ4v) is 7.80. The summed E-state index contributed by atoms with van der Waals surface area (Å²) in [5.74, 6) is -0.559. The Kier molecular flexibility index (Phi) is 7.30. The Morgan fingerprint density at radius 3 is 2.23 bits per heavy atom. The van der Waals surface area contributed by atoms with Crippen molar-refractivity contribution in [3.63, 3.8) is 0 Å². The number of phosphoric acid groups is 2. The number of ether oxygens (including phenoxy) is 2. The highest BCUT2D eigenvalue weighted by Crippen LogP contribution is 2.53. The molecule has 10 atom stereocenters. The number of nitrogens with one attached hydrogen (secondary N) is 1. The van der Waals surface area contributed by atoms with Crippen LogP contribution in [0.2, 0.25) is 0 Å². The van der Waals surface area contributed by atoms with E-state index in [9.17, 15) is 38.7 Å². The number of aliphatic hydroxyl groups excluding tert-OH is 2. The number of fused-ring (bicyclic) bond motifs is 6. The van der Waals surface area contributed by atoms with Gasteiger partial charge in [0.15, 0.2) is 35.1 Å². The number of carbonyl (C=O) groups is 1. The SMILES string of the molecule is Nc1ncnc2c1ncn2[C@@H]1O[C@@H]2COP(=O)(O)O[C@H]3[C@@H](O)[C@H](n4cnc5c(=O)n6c(nc54)NC(=O)C6)O[C@@H]3COP(=O)(O)O[C@@H]1[C@@H]2O. The average Bonchev–Trinajstić information content (AvgIpc) is 3.84.